The van der Waals surface area contributed by atoms with Crippen LogP contribution in [0.3, 0.4) is 0 Å². The minimum atomic E-state index is -0.755. The molecule has 1 N–H and O–H groups in total. The van der Waals surface area contributed by atoms with E-state index >= 15 is 0 Å². The van der Waals surface area contributed by atoms with Crippen LogP contribution in [0, 0.1) is 18.6 Å². The highest BCUT2D eigenvalue weighted by molar-refractivity contribution is 5.28. The van der Waals surface area contributed by atoms with Gasteiger partial charge in [0.05, 0.1) is 0 Å². The summed E-state index contributed by atoms with van der Waals surface area (Å²) in [7, 11) is 0. The van der Waals surface area contributed by atoms with Crippen molar-refractivity contribution in [2.75, 3.05) is 6.54 Å². The van der Waals surface area contributed by atoms with Crippen LogP contribution in [0.4, 0.5) is 8.78 Å². The van der Waals surface area contributed by atoms with Crippen LogP contribution in [0.5, 0.6) is 0 Å². The lowest BCUT2D eigenvalue weighted by molar-refractivity contribution is 0.459. The lowest BCUT2D eigenvalue weighted by atomic mass is 10.0. The third-order valence-electron chi connectivity index (χ3n) is 2.72. The third-order valence-corrected chi connectivity index (χ3v) is 2.72. The topological polar surface area (TPSA) is 12.0 Å². The Bertz CT molecular complexity index is 388. The zero-order valence-corrected chi connectivity index (χ0v) is 10.4. The van der Waals surface area contributed by atoms with Gasteiger partial charge in [0.1, 0.15) is 0 Å². The van der Waals surface area contributed by atoms with Crippen molar-refractivity contribution < 1.29 is 8.78 Å². The average Bonchev–Trinajstić information content (AvgIpc) is 2.32. The largest absolute Gasteiger partial charge is 0.310 e. The van der Waals surface area contributed by atoms with Crippen molar-refractivity contribution in [3.8, 4) is 0 Å². The highest BCUT2D eigenvalue weighted by Gasteiger charge is 2.17. The summed E-state index contributed by atoms with van der Waals surface area (Å²) >= 11 is 0. The summed E-state index contributed by atoms with van der Waals surface area (Å²) in [6, 6.07) is 3.05. The molecule has 0 radical (unpaired) electrons. The molecule has 1 atom stereocenters. The van der Waals surface area contributed by atoms with Gasteiger partial charge in [-0.15, -0.1) is 6.58 Å². The number of aryl methyl sites for hydroxylation is 1. The van der Waals surface area contributed by atoms with E-state index in [2.05, 4.69) is 11.9 Å². The molecule has 0 amide bonds. The Kier molecular flexibility index (Phi) is 5.29. The van der Waals surface area contributed by atoms with Crippen molar-refractivity contribution in [2.24, 2.45) is 0 Å². The third kappa shape index (κ3) is 3.37. The molecule has 0 bridgehead atoms. The van der Waals surface area contributed by atoms with Gasteiger partial charge in [-0.3, -0.25) is 0 Å². The molecule has 0 aromatic heterocycles. The second kappa shape index (κ2) is 6.50. The van der Waals surface area contributed by atoms with Gasteiger partial charge in [0.15, 0.2) is 11.6 Å². The van der Waals surface area contributed by atoms with Crippen molar-refractivity contribution in [3.63, 3.8) is 0 Å². The molecule has 1 rings (SSSR count). The van der Waals surface area contributed by atoms with Gasteiger partial charge in [-0.2, -0.15) is 0 Å². The summed E-state index contributed by atoms with van der Waals surface area (Å²) in [6.07, 6.45) is 3.24. The van der Waals surface area contributed by atoms with Crippen LogP contribution in [0.15, 0.2) is 24.8 Å². The zero-order chi connectivity index (χ0) is 12.8. The lowest BCUT2D eigenvalue weighted by Gasteiger charge is -2.18. The molecule has 0 aliphatic rings. The monoisotopic (exact) mass is 239 g/mol. The van der Waals surface area contributed by atoms with Crippen LogP contribution in [0.1, 0.15) is 36.9 Å². The van der Waals surface area contributed by atoms with E-state index in [1.807, 2.05) is 6.92 Å². The Hall–Kier alpha value is -1.22. The first-order valence-corrected chi connectivity index (χ1v) is 5.90. The summed E-state index contributed by atoms with van der Waals surface area (Å²) in [5, 5.41) is 3.20. The molecule has 0 heterocycles. The maximum Gasteiger partial charge on any atom is 0.163 e. The standard InChI is InChI=1S/C14H19F2N/c1-4-6-12(17-9-5-2)11-8-7-10(3)13(15)14(11)16/h4,7-8,12,17H,1,5-6,9H2,2-3H3. The molecule has 1 aromatic carbocycles. The number of nitrogens with one attached hydrogen (secondary N) is 1. The zero-order valence-electron chi connectivity index (χ0n) is 10.4. The summed E-state index contributed by atoms with van der Waals surface area (Å²) in [6.45, 7) is 8.01. The summed E-state index contributed by atoms with van der Waals surface area (Å²) in [5.41, 5.74) is 0.709. The Balaban J connectivity index is 3.00. The predicted molar refractivity (Wildman–Crippen MR) is 66.9 cm³/mol. The fourth-order valence-electron chi connectivity index (χ4n) is 1.74. The molecule has 3 heteroatoms. The van der Waals surface area contributed by atoms with Gasteiger partial charge in [0, 0.05) is 11.6 Å². The minimum Gasteiger partial charge on any atom is -0.310 e. The molecule has 94 valence electrons. The summed E-state index contributed by atoms with van der Waals surface area (Å²) in [4.78, 5) is 0. The number of hydrogen-bond acceptors (Lipinski definition) is 1. The van der Waals surface area contributed by atoms with Gasteiger partial charge in [-0.1, -0.05) is 25.1 Å². The quantitative estimate of drug-likeness (QED) is 0.743. The first-order chi connectivity index (χ1) is 8.11. The predicted octanol–water partition coefficient (Wildman–Crippen LogP) is 3.89. The van der Waals surface area contributed by atoms with Crippen LogP contribution in [-0.4, -0.2) is 6.54 Å². The number of hydrogen-bond donors (Lipinski definition) is 1. The fraction of sp³-hybridized carbons (Fsp3) is 0.429. The fourth-order valence-corrected chi connectivity index (χ4v) is 1.74. The Morgan fingerprint density at radius 2 is 2.06 bits per heavy atom. The molecular weight excluding hydrogens is 220 g/mol. The van der Waals surface area contributed by atoms with Gasteiger partial charge in [0.2, 0.25) is 0 Å². The van der Waals surface area contributed by atoms with Crippen molar-refractivity contribution in [2.45, 2.75) is 32.7 Å². The molecule has 1 unspecified atom stereocenters. The van der Waals surface area contributed by atoms with Crippen LogP contribution < -0.4 is 5.32 Å². The van der Waals surface area contributed by atoms with E-state index in [4.69, 9.17) is 0 Å². The van der Waals surface area contributed by atoms with Crippen LogP contribution in [0.2, 0.25) is 0 Å². The maximum atomic E-state index is 13.8. The molecular formula is C14H19F2N. The average molecular weight is 239 g/mol. The minimum absolute atomic E-state index is 0.206. The van der Waals surface area contributed by atoms with E-state index in [0.29, 0.717) is 17.5 Å². The van der Waals surface area contributed by atoms with Gasteiger partial charge in [-0.05, 0) is 31.9 Å². The van der Waals surface area contributed by atoms with Crippen molar-refractivity contribution in [1.82, 2.24) is 5.32 Å². The molecule has 17 heavy (non-hydrogen) atoms. The van der Waals surface area contributed by atoms with Gasteiger partial charge >= 0.3 is 0 Å². The van der Waals surface area contributed by atoms with E-state index in [-0.39, 0.29) is 6.04 Å². The molecule has 1 aromatic rings. The first-order valence-electron chi connectivity index (χ1n) is 5.90. The van der Waals surface area contributed by atoms with Crippen LogP contribution >= 0.6 is 0 Å². The van der Waals surface area contributed by atoms with Gasteiger partial charge in [-0.25, -0.2) is 8.78 Å². The van der Waals surface area contributed by atoms with Crippen molar-refractivity contribution in [1.29, 1.82) is 0 Å². The maximum absolute atomic E-state index is 13.8. The van der Waals surface area contributed by atoms with E-state index in [9.17, 15) is 8.78 Å². The number of rotatable bonds is 6. The molecule has 0 aliphatic heterocycles. The van der Waals surface area contributed by atoms with E-state index in [1.54, 1.807) is 25.1 Å². The van der Waals surface area contributed by atoms with E-state index in [1.165, 1.54) is 0 Å². The molecule has 1 nitrogen and oxygen atoms in total. The van der Waals surface area contributed by atoms with Crippen molar-refractivity contribution in [3.05, 3.63) is 47.5 Å². The number of benzene rings is 1. The lowest BCUT2D eigenvalue weighted by Crippen LogP contribution is -2.23. The second-order valence-corrected chi connectivity index (χ2v) is 4.13. The molecule has 0 fully saturated rings. The normalized spacial score (nSPS) is 12.5. The van der Waals surface area contributed by atoms with Gasteiger partial charge in [0.25, 0.3) is 0 Å². The highest BCUT2D eigenvalue weighted by Crippen LogP contribution is 2.24. The van der Waals surface area contributed by atoms with E-state index in [0.717, 1.165) is 13.0 Å². The molecule has 0 spiro atoms. The Morgan fingerprint density at radius 1 is 1.35 bits per heavy atom. The summed E-state index contributed by atoms with van der Waals surface area (Å²) in [5.74, 6) is -1.50. The second-order valence-electron chi connectivity index (χ2n) is 4.13. The van der Waals surface area contributed by atoms with E-state index < -0.39 is 11.6 Å². The SMILES string of the molecule is C=CCC(NCCC)c1ccc(C)c(F)c1F. The van der Waals surface area contributed by atoms with Crippen LogP contribution in [0.25, 0.3) is 0 Å². The molecule has 0 saturated heterocycles. The van der Waals surface area contributed by atoms with Gasteiger partial charge < -0.3 is 5.32 Å². The highest BCUT2D eigenvalue weighted by atomic mass is 19.2. The molecule has 0 saturated carbocycles. The Morgan fingerprint density at radius 3 is 2.65 bits per heavy atom. The summed E-state index contributed by atoms with van der Waals surface area (Å²) < 4.78 is 27.3. The smallest absolute Gasteiger partial charge is 0.163 e. The molecule has 0 aliphatic carbocycles. The number of halogens is 2. The van der Waals surface area contributed by atoms with Crippen LogP contribution in [-0.2, 0) is 0 Å². The van der Waals surface area contributed by atoms with Crippen molar-refractivity contribution >= 4 is 0 Å². The Labute approximate surface area is 102 Å². The first kappa shape index (κ1) is 13.8.